The van der Waals surface area contributed by atoms with Crippen LogP contribution in [-0.4, -0.2) is 18.9 Å². The molecule has 0 N–H and O–H groups in total. The van der Waals surface area contributed by atoms with Crippen LogP contribution in [0.25, 0.3) is 108 Å². The minimum Gasteiger partial charge on any atom is -0.308 e. The lowest BCUT2D eigenvalue weighted by Gasteiger charge is -2.11. The molecule has 0 amide bonds. The van der Waals surface area contributed by atoms with Crippen molar-refractivity contribution < 1.29 is 0 Å². The molecule has 0 spiro atoms. The van der Waals surface area contributed by atoms with E-state index < -0.39 is 0 Å². The molecule has 49 heavy (non-hydrogen) atoms. The van der Waals surface area contributed by atoms with E-state index in [2.05, 4.69) is 155 Å². The Morgan fingerprint density at radius 2 is 1.16 bits per heavy atom. The summed E-state index contributed by atoms with van der Waals surface area (Å²) in [7, 11) is 0. The third kappa shape index (κ3) is 3.23. The van der Waals surface area contributed by atoms with Gasteiger partial charge in [-0.1, -0.05) is 115 Å². The number of thiophene rings is 1. The van der Waals surface area contributed by atoms with Crippen molar-refractivity contribution in [3.8, 4) is 17.2 Å². The maximum Gasteiger partial charge on any atom is 0.235 e. The zero-order valence-electron chi connectivity index (χ0n) is 26.1. The largest absolute Gasteiger partial charge is 0.308 e. The third-order valence-electron chi connectivity index (χ3n) is 10.4. The van der Waals surface area contributed by atoms with Crippen LogP contribution in [0.5, 0.6) is 0 Å². The second-order valence-electron chi connectivity index (χ2n) is 12.9. The Labute approximate surface area is 283 Å². The first-order valence-electron chi connectivity index (χ1n) is 16.6. The molecule has 5 aromatic heterocycles. The molecule has 0 unspecified atom stereocenters. The molecular formula is C44H24N4S. The lowest BCUT2D eigenvalue weighted by molar-refractivity contribution is 1.02. The molecule has 5 heterocycles. The summed E-state index contributed by atoms with van der Waals surface area (Å²) in [6.45, 7) is 0. The minimum atomic E-state index is 0.688. The first-order chi connectivity index (χ1) is 24.3. The van der Waals surface area contributed by atoms with Crippen molar-refractivity contribution in [3.05, 3.63) is 146 Å². The molecule has 0 atom stereocenters. The highest BCUT2D eigenvalue weighted by Crippen LogP contribution is 2.48. The molecule has 0 fully saturated rings. The van der Waals surface area contributed by atoms with Gasteiger partial charge in [0.05, 0.1) is 43.5 Å². The molecule has 7 aromatic carbocycles. The molecule has 12 rings (SSSR count). The van der Waals surface area contributed by atoms with Crippen LogP contribution in [0.4, 0.5) is 0 Å². The summed E-state index contributed by atoms with van der Waals surface area (Å²) in [4.78, 5) is 11.0. The smallest absolute Gasteiger partial charge is 0.235 e. The van der Waals surface area contributed by atoms with Crippen LogP contribution in [0.1, 0.15) is 0 Å². The van der Waals surface area contributed by atoms with E-state index >= 15 is 0 Å². The fourth-order valence-corrected chi connectivity index (χ4v) is 9.61. The van der Waals surface area contributed by atoms with Gasteiger partial charge >= 0.3 is 0 Å². The van der Waals surface area contributed by atoms with E-state index in [0.717, 1.165) is 37.9 Å². The average Bonchev–Trinajstić information content (AvgIpc) is 3.90. The Balaban J connectivity index is 1.37. The summed E-state index contributed by atoms with van der Waals surface area (Å²) < 4.78 is 7.14. The van der Waals surface area contributed by atoms with E-state index in [1.54, 1.807) is 11.3 Å². The third-order valence-corrected chi connectivity index (χ3v) is 11.6. The quantitative estimate of drug-likeness (QED) is 0.188. The van der Waals surface area contributed by atoms with Crippen LogP contribution >= 0.6 is 11.3 Å². The molecule has 0 aliphatic heterocycles. The van der Waals surface area contributed by atoms with Crippen molar-refractivity contribution in [2.24, 2.45) is 0 Å². The second kappa shape index (κ2) is 9.19. The van der Waals surface area contributed by atoms with Crippen molar-refractivity contribution in [2.45, 2.75) is 0 Å². The van der Waals surface area contributed by atoms with Crippen LogP contribution in [-0.2, 0) is 0 Å². The Morgan fingerprint density at radius 1 is 0.469 bits per heavy atom. The fraction of sp³-hybridized carbons (Fsp3) is 0. The SMILES string of the molecule is c1ccc(-c2nc(-n3c4ccc5ccccc5c4c4cc5c6ccccc6n6c7ccccc7c(c43)c56)nc3c2sc2ccccc23)cc1. The van der Waals surface area contributed by atoms with E-state index in [4.69, 9.17) is 9.97 Å². The molecule has 0 saturated heterocycles. The second-order valence-corrected chi connectivity index (χ2v) is 14.0. The highest BCUT2D eigenvalue weighted by Gasteiger charge is 2.26. The molecule has 0 bridgehead atoms. The Kier molecular flexibility index (Phi) is 4.83. The van der Waals surface area contributed by atoms with E-state index in [0.29, 0.717) is 5.95 Å². The van der Waals surface area contributed by atoms with Gasteiger partial charge in [-0.25, -0.2) is 9.97 Å². The van der Waals surface area contributed by atoms with Gasteiger partial charge in [0.1, 0.15) is 0 Å². The number of benzene rings is 7. The Hall–Kier alpha value is -6.30. The van der Waals surface area contributed by atoms with Crippen LogP contribution in [0.3, 0.4) is 0 Å². The van der Waals surface area contributed by atoms with E-state index in [9.17, 15) is 0 Å². The van der Waals surface area contributed by atoms with Crippen molar-refractivity contribution in [1.82, 2.24) is 18.9 Å². The topological polar surface area (TPSA) is 35.1 Å². The number of fused-ring (bicyclic) bond motifs is 15. The molecular weight excluding hydrogens is 617 g/mol. The van der Waals surface area contributed by atoms with Gasteiger partial charge in [0, 0.05) is 48.0 Å². The highest BCUT2D eigenvalue weighted by molar-refractivity contribution is 7.26. The van der Waals surface area contributed by atoms with E-state index in [1.165, 1.54) is 64.3 Å². The van der Waals surface area contributed by atoms with Crippen molar-refractivity contribution in [1.29, 1.82) is 0 Å². The van der Waals surface area contributed by atoms with Crippen LogP contribution in [0, 0.1) is 0 Å². The van der Waals surface area contributed by atoms with Crippen molar-refractivity contribution in [2.75, 3.05) is 0 Å². The normalized spacial score (nSPS) is 12.5. The maximum atomic E-state index is 5.52. The summed E-state index contributed by atoms with van der Waals surface area (Å²) in [5, 5.41) is 11.1. The number of nitrogens with zero attached hydrogens (tertiary/aromatic N) is 4. The van der Waals surface area contributed by atoms with Gasteiger partial charge in [0.25, 0.3) is 0 Å². The number of para-hydroxylation sites is 2. The summed E-state index contributed by atoms with van der Waals surface area (Å²) in [6.07, 6.45) is 0. The number of rotatable bonds is 2. The molecule has 0 saturated carbocycles. The molecule has 226 valence electrons. The summed E-state index contributed by atoms with van der Waals surface area (Å²) >= 11 is 1.77. The summed E-state index contributed by atoms with van der Waals surface area (Å²) in [5.74, 6) is 0.688. The fourth-order valence-electron chi connectivity index (χ4n) is 8.45. The molecule has 12 aromatic rings. The maximum absolute atomic E-state index is 5.52. The molecule has 0 aliphatic carbocycles. The van der Waals surface area contributed by atoms with E-state index in [1.807, 2.05) is 0 Å². The van der Waals surface area contributed by atoms with Crippen LogP contribution in [0.2, 0.25) is 0 Å². The highest BCUT2D eigenvalue weighted by atomic mass is 32.1. The molecule has 5 heteroatoms. The van der Waals surface area contributed by atoms with Gasteiger partial charge < -0.3 is 4.40 Å². The van der Waals surface area contributed by atoms with E-state index in [-0.39, 0.29) is 0 Å². The van der Waals surface area contributed by atoms with Crippen molar-refractivity contribution >= 4 is 102 Å². The average molecular weight is 641 g/mol. The van der Waals surface area contributed by atoms with Gasteiger partial charge in [-0.05, 0) is 41.1 Å². The minimum absolute atomic E-state index is 0.688. The van der Waals surface area contributed by atoms with Gasteiger partial charge in [0.15, 0.2) is 0 Å². The molecule has 4 nitrogen and oxygen atoms in total. The summed E-state index contributed by atoms with van der Waals surface area (Å²) in [6, 6.07) is 52.5. The zero-order valence-corrected chi connectivity index (χ0v) is 26.9. The monoisotopic (exact) mass is 640 g/mol. The first-order valence-corrected chi connectivity index (χ1v) is 17.4. The standard InChI is InChI=1S/C44H24N4S/c1-2-13-26(14-3-1)39-43-40(30-18-8-11-21-36(30)49-43)46-44(45-39)48-35-23-22-25-12-4-5-15-27(25)37(35)32-24-31-28-16-6-9-19-33(28)47-34-20-10-7-17-29(34)38(41(31)47)42(32)48/h1-24H. The zero-order chi connectivity index (χ0) is 31.8. The number of hydrogen-bond acceptors (Lipinski definition) is 3. The van der Waals surface area contributed by atoms with Gasteiger partial charge in [-0.3, -0.25) is 4.57 Å². The lowest BCUT2D eigenvalue weighted by atomic mass is 10.0. The number of aromatic nitrogens is 4. The molecule has 0 aliphatic rings. The first kappa shape index (κ1) is 25.7. The van der Waals surface area contributed by atoms with Gasteiger partial charge in [-0.15, -0.1) is 11.3 Å². The van der Waals surface area contributed by atoms with Crippen molar-refractivity contribution in [3.63, 3.8) is 0 Å². The molecule has 0 radical (unpaired) electrons. The Morgan fingerprint density at radius 3 is 2.02 bits per heavy atom. The summed E-state index contributed by atoms with van der Waals surface area (Å²) in [5.41, 5.74) is 8.98. The Bertz CT molecular complexity index is 3330. The number of hydrogen-bond donors (Lipinski definition) is 0. The van der Waals surface area contributed by atoms with Gasteiger partial charge in [0.2, 0.25) is 5.95 Å². The lowest BCUT2D eigenvalue weighted by Crippen LogP contribution is -2.03. The van der Waals surface area contributed by atoms with Gasteiger partial charge in [-0.2, -0.15) is 0 Å². The predicted molar refractivity (Wildman–Crippen MR) is 207 cm³/mol. The van der Waals surface area contributed by atoms with Crippen LogP contribution < -0.4 is 0 Å². The predicted octanol–water partition coefficient (Wildman–Crippen LogP) is 11.9. The van der Waals surface area contributed by atoms with Crippen LogP contribution in [0.15, 0.2) is 146 Å².